The van der Waals surface area contributed by atoms with Crippen LogP contribution >= 0.6 is 0 Å². The molecule has 0 bridgehead atoms. The molecule has 0 aliphatic heterocycles. The molecule has 18 heavy (non-hydrogen) atoms. The lowest BCUT2D eigenvalue weighted by atomic mass is 10.0. The Morgan fingerprint density at radius 2 is 1.44 bits per heavy atom. The Morgan fingerprint density at radius 1 is 0.833 bits per heavy atom. The summed E-state index contributed by atoms with van der Waals surface area (Å²) in [5.74, 6) is 0.794. The predicted molar refractivity (Wildman–Crippen MR) is 68.3 cm³/mol. The summed E-state index contributed by atoms with van der Waals surface area (Å²) in [4.78, 5) is 0. The molecule has 2 aromatic rings. The van der Waals surface area contributed by atoms with Crippen molar-refractivity contribution in [3.05, 3.63) is 36.4 Å². The first-order valence-corrected chi connectivity index (χ1v) is 5.40. The summed E-state index contributed by atoms with van der Waals surface area (Å²) in [6, 6.07) is 10.2. The molecule has 4 heteroatoms. The summed E-state index contributed by atoms with van der Waals surface area (Å²) >= 11 is 0. The van der Waals surface area contributed by atoms with E-state index in [9.17, 15) is 10.2 Å². The fourth-order valence-corrected chi connectivity index (χ4v) is 1.75. The summed E-state index contributed by atoms with van der Waals surface area (Å²) in [6.07, 6.45) is 0. The SMILES string of the molecule is COc1cc(-c2cccc(O)c2)cc(OC)c1O. The Kier molecular flexibility index (Phi) is 3.28. The van der Waals surface area contributed by atoms with Crippen LogP contribution in [0.5, 0.6) is 23.0 Å². The molecule has 94 valence electrons. The molecule has 0 saturated carbocycles. The molecule has 0 atom stereocenters. The van der Waals surface area contributed by atoms with Crippen molar-refractivity contribution in [3.63, 3.8) is 0 Å². The standard InChI is InChI=1S/C14H14O4/c1-17-12-7-10(8-13(18-2)14(12)16)9-4-3-5-11(15)6-9/h3-8,15-16H,1-2H3. The van der Waals surface area contributed by atoms with Gasteiger partial charge in [0.2, 0.25) is 5.75 Å². The second-order valence-electron chi connectivity index (χ2n) is 3.78. The smallest absolute Gasteiger partial charge is 0.200 e. The van der Waals surface area contributed by atoms with Crippen molar-refractivity contribution in [2.75, 3.05) is 14.2 Å². The minimum atomic E-state index is -0.0381. The van der Waals surface area contributed by atoms with E-state index in [1.54, 1.807) is 30.3 Å². The van der Waals surface area contributed by atoms with Gasteiger partial charge >= 0.3 is 0 Å². The number of hydrogen-bond acceptors (Lipinski definition) is 4. The molecule has 0 unspecified atom stereocenters. The third-order valence-corrected chi connectivity index (χ3v) is 2.66. The van der Waals surface area contributed by atoms with Crippen LogP contribution in [0.25, 0.3) is 11.1 Å². The Balaban J connectivity index is 2.58. The third kappa shape index (κ3) is 2.18. The van der Waals surface area contributed by atoms with Crippen LogP contribution in [0.1, 0.15) is 0 Å². The lowest BCUT2D eigenvalue weighted by Crippen LogP contribution is -1.90. The van der Waals surface area contributed by atoms with Crippen LogP contribution in [0.3, 0.4) is 0 Å². The van der Waals surface area contributed by atoms with Gasteiger partial charge in [0.25, 0.3) is 0 Å². The maximum absolute atomic E-state index is 9.82. The van der Waals surface area contributed by atoms with Crippen molar-refractivity contribution in [1.82, 2.24) is 0 Å². The van der Waals surface area contributed by atoms with Crippen molar-refractivity contribution in [2.45, 2.75) is 0 Å². The molecule has 0 radical (unpaired) electrons. The Morgan fingerprint density at radius 3 is 1.94 bits per heavy atom. The van der Waals surface area contributed by atoms with Crippen LogP contribution < -0.4 is 9.47 Å². The first-order valence-electron chi connectivity index (χ1n) is 5.40. The van der Waals surface area contributed by atoms with Gasteiger partial charge in [-0.3, -0.25) is 0 Å². The third-order valence-electron chi connectivity index (χ3n) is 2.66. The van der Waals surface area contributed by atoms with Crippen molar-refractivity contribution >= 4 is 0 Å². The molecule has 0 fully saturated rings. The molecule has 0 aliphatic rings. The van der Waals surface area contributed by atoms with Gasteiger partial charge in [-0.25, -0.2) is 0 Å². The highest BCUT2D eigenvalue weighted by atomic mass is 16.5. The van der Waals surface area contributed by atoms with Crippen molar-refractivity contribution in [2.24, 2.45) is 0 Å². The van der Waals surface area contributed by atoms with Gasteiger partial charge < -0.3 is 19.7 Å². The van der Waals surface area contributed by atoms with Gasteiger partial charge in [-0.2, -0.15) is 0 Å². The van der Waals surface area contributed by atoms with Gasteiger partial charge in [0.15, 0.2) is 11.5 Å². The zero-order valence-corrected chi connectivity index (χ0v) is 10.2. The van der Waals surface area contributed by atoms with E-state index in [4.69, 9.17) is 9.47 Å². The number of phenols is 2. The van der Waals surface area contributed by atoms with Crippen LogP contribution in [-0.4, -0.2) is 24.4 Å². The Hall–Kier alpha value is -2.36. The van der Waals surface area contributed by atoms with Gasteiger partial charge in [-0.1, -0.05) is 12.1 Å². The maximum atomic E-state index is 9.82. The van der Waals surface area contributed by atoms with Crippen LogP contribution in [0.4, 0.5) is 0 Å². The molecule has 4 nitrogen and oxygen atoms in total. The summed E-state index contributed by atoms with van der Waals surface area (Å²) in [5, 5.41) is 19.3. The molecule has 0 aliphatic carbocycles. The maximum Gasteiger partial charge on any atom is 0.200 e. The number of hydrogen-bond donors (Lipinski definition) is 2. The normalized spacial score (nSPS) is 10.1. The lowest BCUT2D eigenvalue weighted by Gasteiger charge is -2.11. The number of aromatic hydroxyl groups is 2. The zero-order valence-electron chi connectivity index (χ0n) is 10.2. The highest BCUT2D eigenvalue weighted by molar-refractivity contribution is 5.71. The average Bonchev–Trinajstić information content (AvgIpc) is 2.39. The van der Waals surface area contributed by atoms with E-state index in [0.29, 0.717) is 11.5 Å². The quantitative estimate of drug-likeness (QED) is 0.874. The Labute approximate surface area is 105 Å². The molecular weight excluding hydrogens is 232 g/mol. The van der Waals surface area contributed by atoms with Gasteiger partial charge in [0.1, 0.15) is 5.75 Å². The van der Waals surface area contributed by atoms with Crippen LogP contribution in [0.15, 0.2) is 36.4 Å². The summed E-state index contributed by atoms with van der Waals surface area (Å²) in [5.41, 5.74) is 1.60. The second kappa shape index (κ2) is 4.87. The van der Waals surface area contributed by atoms with Gasteiger partial charge in [-0.15, -0.1) is 0 Å². The van der Waals surface area contributed by atoms with Crippen molar-refractivity contribution in [3.8, 4) is 34.1 Å². The molecule has 0 heterocycles. The highest BCUT2D eigenvalue weighted by Gasteiger charge is 2.12. The van der Waals surface area contributed by atoms with E-state index in [1.807, 2.05) is 6.07 Å². The molecule has 2 aromatic carbocycles. The minimum absolute atomic E-state index is 0.0381. The molecule has 0 aromatic heterocycles. The van der Waals surface area contributed by atoms with E-state index >= 15 is 0 Å². The lowest BCUT2D eigenvalue weighted by molar-refractivity contribution is 0.340. The van der Waals surface area contributed by atoms with Gasteiger partial charge in [-0.05, 0) is 35.4 Å². The topological polar surface area (TPSA) is 58.9 Å². The van der Waals surface area contributed by atoms with Crippen molar-refractivity contribution in [1.29, 1.82) is 0 Å². The van der Waals surface area contributed by atoms with Crippen molar-refractivity contribution < 1.29 is 19.7 Å². The van der Waals surface area contributed by atoms with E-state index in [-0.39, 0.29) is 11.5 Å². The first-order chi connectivity index (χ1) is 8.65. The minimum Gasteiger partial charge on any atom is -0.508 e. The van der Waals surface area contributed by atoms with Crippen LogP contribution in [0.2, 0.25) is 0 Å². The largest absolute Gasteiger partial charge is 0.508 e. The second-order valence-corrected chi connectivity index (χ2v) is 3.78. The van der Waals surface area contributed by atoms with Crippen LogP contribution in [-0.2, 0) is 0 Å². The predicted octanol–water partition coefficient (Wildman–Crippen LogP) is 2.78. The fourth-order valence-electron chi connectivity index (χ4n) is 1.75. The Bertz CT molecular complexity index is 538. The van der Waals surface area contributed by atoms with E-state index in [0.717, 1.165) is 11.1 Å². The number of rotatable bonds is 3. The van der Waals surface area contributed by atoms with Crippen LogP contribution in [0, 0.1) is 0 Å². The molecular formula is C14H14O4. The first kappa shape index (κ1) is 12.1. The zero-order chi connectivity index (χ0) is 13.1. The number of phenolic OH excluding ortho intramolecular Hbond substituents is 2. The van der Waals surface area contributed by atoms with Gasteiger partial charge in [0.05, 0.1) is 14.2 Å². The summed E-state index contributed by atoms with van der Waals surface area (Å²) in [6.45, 7) is 0. The summed E-state index contributed by atoms with van der Waals surface area (Å²) < 4.78 is 10.2. The molecule has 2 rings (SSSR count). The molecule has 0 spiro atoms. The molecule has 2 N–H and O–H groups in total. The van der Waals surface area contributed by atoms with E-state index in [2.05, 4.69) is 0 Å². The highest BCUT2D eigenvalue weighted by Crippen LogP contribution is 2.40. The number of methoxy groups -OCH3 is 2. The number of ether oxygens (including phenoxy) is 2. The molecule has 0 amide bonds. The number of benzene rings is 2. The molecule has 0 saturated heterocycles. The van der Waals surface area contributed by atoms with Gasteiger partial charge in [0, 0.05) is 0 Å². The van der Waals surface area contributed by atoms with E-state index in [1.165, 1.54) is 14.2 Å². The fraction of sp³-hybridized carbons (Fsp3) is 0.143. The summed E-state index contributed by atoms with van der Waals surface area (Å²) in [7, 11) is 2.95. The van der Waals surface area contributed by atoms with E-state index < -0.39 is 0 Å². The monoisotopic (exact) mass is 246 g/mol. The average molecular weight is 246 g/mol.